The Labute approximate surface area is 189 Å². The van der Waals surface area contributed by atoms with Crippen LogP contribution < -0.4 is 20.3 Å². The molecule has 1 saturated heterocycles. The van der Waals surface area contributed by atoms with E-state index in [4.69, 9.17) is 4.74 Å². The van der Waals surface area contributed by atoms with Gasteiger partial charge in [0, 0.05) is 31.4 Å². The third kappa shape index (κ3) is 7.19. The predicted molar refractivity (Wildman–Crippen MR) is 126 cm³/mol. The average Bonchev–Trinajstić information content (AvgIpc) is 3.16. The summed E-state index contributed by atoms with van der Waals surface area (Å²) < 4.78 is 5.63. The van der Waals surface area contributed by atoms with Gasteiger partial charge in [-0.3, -0.25) is 9.78 Å². The van der Waals surface area contributed by atoms with E-state index in [-0.39, 0.29) is 29.9 Å². The van der Waals surface area contributed by atoms with Crippen molar-refractivity contribution in [2.75, 3.05) is 31.1 Å². The van der Waals surface area contributed by atoms with Gasteiger partial charge in [-0.25, -0.2) is 4.99 Å². The molecule has 29 heavy (non-hydrogen) atoms. The van der Waals surface area contributed by atoms with Crippen molar-refractivity contribution in [1.29, 1.82) is 0 Å². The van der Waals surface area contributed by atoms with Crippen LogP contribution in [0, 0.1) is 0 Å². The van der Waals surface area contributed by atoms with Crippen LogP contribution in [-0.2, 0) is 11.3 Å². The van der Waals surface area contributed by atoms with E-state index in [1.54, 1.807) is 12.4 Å². The lowest BCUT2D eigenvalue weighted by Crippen LogP contribution is -2.39. The molecule has 8 heteroatoms. The van der Waals surface area contributed by atoms with Crippen molar-refractivity contribution in [2.24, 2.45) is 4.99 Å². The Morgan fingerprint density at radius 1 is 1.24 bits per heavy atom. The number of hydrogen-bond donors (Lipinski definition) is 2. The number of carbonyl (C=O) groups is 1. The number of benzene rings is 1. The molecule has 0 aliphatic carbocycles. The zero-order valence-corrected chi connectivity index (χ0v) is 19.0. The third-order valence-corrected chi connectivity index (χ3v) is 4.38. The van der Waals surface area contributed by atoms with Crippen molar-refractivity contribution in [2.45, 2.75) is 26.3 Å². The molecule has 0 radical (unpaired) electrons. The van der Waals surface area contributed by atoms with Gasteiger partial charge in [-0.05, 0) is 43.2 Å². The van der Waals surface area contributed by atoms with Gasteiger partial charge >= 0.3 is 0 Å². The number of halogens is 1. The smallest absolute Gasteiger partial charge is 0.227 e. The molecule has 0 saturated carbocycles. The molecule has 0 spiro atoms. The first-order chi connectivity index (χ1) is 13.8. The van der Waals surface area contributed by atoms with Gasteiger partial charge in [0.25, 0.3) is 0 Å². The van der Waals surface area contributed by atoms with Gasteiger partial charge < -0.3 is 20.3 Å². The maximum Gasteiger partial charge on any atom is 0.227 e. The second-order valence-electron chi connectivity index (χ2n) is 6.47. The number of guanidine groups is 1. The summed E-state index contributed by atoms with van der Waals surface area (Å²) in [6.07, 6.45) is 5.00. The normalized spacial score (nSPS) is 13.8. The first kappa shape index (κ1) is 22.9. The summed E-state index contributed by atoms with van der Waals surface area (Å²) in [6.45, 7) is 5.35. The van der Waals surface area contributed by atoms with E-state index in [0.717, 1.165) is 42.5 Å². The molecule has 7 nitrogen and oxygen atoms in total. The van der Waals surface area contributed by atoms with Gasteiger partial charge in [0.15, 0.2) is 5.96 Å². The van der Waals surface area contributed by atoms with E-state index in [9.17, 15) is 4.79 Å². The predicted octanol–water partition coefficient (Wildman–Crippen LogP) is 2.96. The summed E-state index contributed by atoms with van der Waals surface area (Å²) in [6, 6.07) is 11.8. The van der Waals surface area contributed by atoms with Crippen molar-refractivity contribution < 1.29 is 9.53 Å². The van der Waals surface area contributed by atoms with Gasteiger partial charge in [0.2, 0.25) is 5.91 Å². The zero-order chi connectivity index (χ0) is 19.6. The van der Waals surface area contributed by atoms with Crippen molar-refractivity contribution in [1.82, 2.24) is 15.6 Å². The van der Waals surface area contributed by atoms with E-state index >= 15 is 0 Å². The summed E-state index contributed by atoms with van der Waals surface area (Å²) >= 11 is 0. The number of rotatable bonds is 8. The molecule has 1 fully saturated rings. The number of amides is 1. The summed E-state index contributed by atoms with van der Waals surface area (Å²) in [5.41, 5.74) is 2.06. The minimum Gasteiger partial charge on any atom is -0.490 e. The molecular weight excluding hydrogens is 481 g/mol. The number of hydrogen-bond acceptors (Lipinski definition) is 4. The van der Waals surface area contributed by atoms with Crippen molar-refractivity contribution in [3.05, 3.63) is 54.4 Å². The van der Waals surface area contributed by atoms with Crippen LogP contribution in [-0.4, -0.2) is 43.1 Å². The van der Waals surface area contributed by atoms with Crippen LogP contribution in [0.2, 0.25) is 0 Å². The number of anilines is 1. The molecule has 1 aliphatic heterocycles. The Balaban J connectivity index is 0.00000300. The largest absolute Gasteiger partial charge is 0.490 e. The van der Waals surface area contributed by atoms with Crippen LogP contribution in [0.4, 0.5) is 5.69 Å². The van der Waals surface area contributed by atoms with Gasteiger partial charge in [-0.15, -0.1) is 24.0 Å². The Morgan fingerprint density at radius 3 is 2.72 bits per heavy atom. The SMILES string of the molecule is CCNC(=NCc1ccc(N2CCCC2=O)cc1)NCCOc1cccnc1.I. The molecule has 0 unspecified atom stereocenters. The van der Waals surface area contributed by atoms with E-state index in [1.165, 1.54) is 0 Å². The second kappa shape index (κ2) is 12.3. The molecule has 1 aliphatic rings. The first-order valence-electron chi connectivity index (χ1n) is 9.70. The Bertz CT molecular complexity index is 783. The van der Waals surface area contributed by atoms with Crippen molar-refractivity contribution in [3.63, 3.8) is 0 Å². The lowest BCUT2D eigenvalue weighted by atomic mass is 10.2. The van der Waals surface area contributed by atoms with Gasteiger partial charge in [0.05, 0.1) is 19.3 Å². The fourth-order valence-electron chi connectivity index (χ4n) is 2.99. The summed E-state index contributed by atoms with van der Waals surface area (Å²) in [7, 11) is 0. The summed E-state index contributed by atoms with van der Waals surface area (Å²) in [5, 5.41) is 6.50. The maximum atomic E-state index is 11.8. The molecule has 2 N–H and O–H groups in total. The summed E-state index contributed by atoms with van der Waals surface area (Å²) in [4.78, 5) is 22.3. The quantitative estimate of drug-likeness (QED) is 0.248. The van der Waals surface area contributed by atoms with Crippen LogP contribution in [0.25, 0.3) is 0 Å². The molecule has 1 aromatic heterocycles. The van der Waals surface area contributed by atoms with Crippen LogP contribution >= 0.6 is 24.0 Å². The maximum absolute atomic E-state index is 11.8. The van der Waals surface area contributed by atoms with Crippen LogP contribution in [0.15, 0.2) is 53.8 Å². The molecule has 3 rings (SSSR count). The number of carbonyl (C=O) groups excluding carboxylic acids is 1. The van der Waals surface area contributed by atoms with Crippen LogP contribution in [0.3, 0.4) is 0 Å². The minimum atomic E-state index is 0. The van der Waals surface area contributed by atoms with Gasteiger partial charge in [0.1, 0.15) is 12.4 Å². The number of ether oxygens (including phenoxy) is 1. The molecule has 0 atom stereocenters. The highest BCUT2D eigenvalue weighted by molar-refractivity contribution is 14.0. The number of nitrogens with one attached hydrogen (secondary N) is 2. The number of nitrogens with zero attached hydrogens (tertiary/aromatic N) is 3. The molecule has 1 amide bonds. The molecule has 156 valence electrons. The lowest BCUT2D eigenvalue weighted by molar-refractivity contribution is -0.117. The topological polar surface area (TPSA) is 78.9 Å². The number of aromatic nitrogens is 1. The Morgan fingerprint density at radius 2 is 2.07 bits per heavy atom. The molecule has 0 bridgehead atoms. The minimum absolute atomic E-state index is 0. The fraction of sp³-hybridized carbons (Fsp3) is 0.381. The van der Waals surface area contributed by atoms with Crippen molar-refractivity contribution in [3.8, 4) is 5.75 Å². The highest BCUT2D eigenvalue weighted by Gasteiger charge is 2.21. The van der Waals surface area contributed by atoms with Crippen LogP contribution in [0.1, 0.15) is 25.3 Å². The molecular formula is C21H28IN5O2. The fourth-order valence-corrected chi connectivity index (χ4v) is 2.99. The standard InChI is InChI=1S/C21H27N5O2.HI/c1-2-23-21(24-12-14-28-19-5-3-11-22-16-19)25-15-17-7-9-18(10-8-17)26-13-4-6-20(26)27;/h3,5,7-11,16H,2,4,6,12-15H2,1H3,(H2,23,24,25);1H. The van der Waals surface area contributed by atoms with E-state index in [2.05, 4.69) is 20.6 Å². The average molecular weight is 509 g/mol. The number of pyridine rings is 1. The third-order valence-electron chi connectivity index (χ3n) is 4.38. The van der Waals surface area contributed by atoms with E-state index in [1.807, 2.05) is 48.2 Å². The van der Waals surface area contributed by atoms with Crippen molar-refractivity contribution >= 4 is 41.5 Å². The monoisotopic (exact) mass is 509 g/mol. The zero-order valence-electron chi connectivity index (χ0n) is 16.6. The molecule has 1 aromatic carbocycles. The Kier molecular flexibility index (Phi) is 9.69. The van der Waals surface area contributed by atoms with E-state index in [0.29, 0.717) is 26.1 Å². The van der Waals surface area contributed by atoms with E-state index < -0.39 is 0 Å². The number of aliphatic imine (C=N–C) groups is 1. The van der Waals surface area contributed by atoms with Gasteiger partial charge in [-0.2, -0.15) is 0 Å². The lowest BCUT2D eigenvalue weighted by Gasteiger charge is -2.16. The highest BCUT2D eigenvalue weighted by Crippen LogP contribution is 2.21. The first-order valence-corrected chi connectivity index (χ1v) is 9.70. The van der Waals surface area contributed by atoms with Gasteiger partial charge in [-0.1, -0.05) is 12.1 Å². The second-order valence-corrected chi connectivity index (χ2v) is 6.47. The molecule has 2 aromatic rings. The molecule has 2 heterocycles. The van der Waals surface area contributed by atoms with Crippen LogP contribution in [0.5, 0.6) is 5.75 Å². The Hall–Kier alpha value is -2.36. The summed E-state index contributed by atoms with van der Waals surface area (Å²) in [5.74, 6) is 1.71. The highest BCUT2D eigenvalue weighted by atomic mass is 127.